The van der Waals surface area contributed by atoms with Gasteiger partial charge in [-0.2, -0.15) is 0 Å². The molecule has 3 heteroatoms. The Morgan fingerprint density at radius 3 is 2.92 bits per heavy atom. The molecule has 0 amide bonds. The number of aryl methyl sites for hydroxylation is 1. The zero-order valence-electron chi connectivity index (χ0n) is 7.10. The van der Waals surface area contributed by atoms with E-state index in [9.17, 15) is 4.79 Å². The molecule has 0 saturated carbocycles. The number of aromatic nitrogens is 1. The minimum absolute atomic E-state index is 0.622. The van der Waals surface area contributed by atoms with Gasteiger partial charge in [0.2, 0.25) is 0 Å². The van der Waals surface area contributed by atoms with Gasteiger partial charge < -0.3 is 4.98 Å². The summed E-state index contributed by atoms with van der Waals surface area (Å²) in [5.41, 5.74) is 2.51. The van der Waals surface area contributed by atoms with Crippen molar-refractivity contribution in [1.82, 2.24) is 4.98 Å². The lowest BCUT2D eigenvalue weighted by atomic mass is 10.1. The monoisotopic (exact) mass is 193 g/mol. The van der Waals surface area contributed by atoms with Crippen molar-refractivity contribution >= 4 is 28.8 Å². The summed E-state index contributed by atoms with van der Waals surface area (Å²) < 4.78 is 0. The van der Waals surface area contributed by atoms with E-state index in [1.165, 1.54) is 0 Å². The highest BCUT2D eigenvalue weighted by Gasteiger charge is 2.05. The molecule has 1 aromatic carbocycles. The lowest BCUT2D eigenvalue weighted by Gasteiger charge is -1.91. The van der Waals surface area contributed by atoms with Crippen molar-refractivity contribution in [3.8, 4) is 0 Å². The van der Waals surface area contributed by atoms with Gasteiger partial charge in [-0.05, 0) is 24.6 Å². The molecule has 0 radical (unpaired) electrons. The van der Waals surface area contributed by atoms with Crippen LogP contribution in [0.2, 0.25) is 5.02 Å². The lowest BCUT2D eigenvalue weighted by Crippen LogP contribution is -1.80. The quantitative estimate of drug-likeness (QED) is 0.694. The molecule has 1 heterocycles. The molecule has 66 valence electrons. The van der Waals surface area contributed by atoms with Gasteiger partial charge >= 0.3 is 0 Å². The van der Waals surface area contributed by atoms with Gasteiger partial charge in [-0.1, -0.05) is 17.7 Å². The average Bonchev–Trinajstić information content (AvgIpc) is 2.42. The molecule has 2 rings (SSSR count). The highest BCUT2D eigenvalue weighted by atomic mass is 35.5. The molecule has 2 nitrogen and oxygen atoms in total. The number of aromatic amines is 1. The summed E-state index contributed by atoms with van der Waals surface area (Å²) in [7, 11) is 0. The SMILES string of the molecule is Cc1c(C=O)[nH]c2cc(Cl)ccc12. The van der Waals surface area contributed by atoms with Crippen LogP contribution < -0.4 is 0 Å². The van der Waals surface area contributed by atoms with E-state index in [0.717, 1.165) is 22.8 Å². The number of carbonyl (C=O) groups excluding carboxylic acids is 1. The minimum atomic E-state index is 0.622. The van der Waals surface area contributed by atoms with Gasteiger partial charge in [0.25, 0.3) is 0 Å². The highest BCUT2D eigenvalue weighted by molar-refractivity contribution is 6.31. The smallest absolute Gasteiger partial charge is 0.166 e. The zero-order chi connectivity index (χ0) is 9.42. The fourth-order valence-electron chi connectivity index (χ4n) is 1.45. The van der Waals surface area contributed by atoms with Crippen molar-refractivity contribution in [2.24, 2.45) is 0 Å². The Labute approximate surface area is 80.5 Å². The summed E-state index contributed by atoms with van der Waals surface area (Å²) in [5.74, 6) is 0. The fourth-order valence-corrected chi connectivity index (χ4v) is 1.62. The Balaban J connectivity index is 2.83. The standard InChI is InChI=1S/C10H8ClNO/c1-6-8-3-2-7(11)4-9(8)12-10(6)5-13/h2-5,12H,1H3. The van der Waals surface area contributed by atoms with Gasteiger partial charge in [0.1, 0.15) is 0 Å². The maximum Gasteiger partial charge on any atom is 0.166 e. The van der Waals surface area contributed by atoms with Gasteiger partial charge in [0.15, 0.2) is 6.29 Å². The summed E-state index contributed by atoms with van der Waals surface area (Å²) in [6.07, 6.45) is 0.823. The number of hydrogen-bond donors (Lipinski definition) is 1. The Morgan fingerprint density at radius 2 is 2.23 bits per heavy atom. The first-order chi connectivity index (χ1) is 6.22. The predicted molar refractivity (Wildman–Crippen MR) is 53.4 cm³/mol. The van der Waals surface area contributed by atoms with Crippen LogP contribution in [0.3, 0.4) is 0 Å². The van der Waals surface area contributed by atoms with E-state index in [2.05, 4.69) is 4.98 Å². The van der Waals surface area contributed by atoms with Gasteiger partial charge in [-0.3, -0.25) is 4.79 Å². The molecule has 0 unspecified atom stereocenters. The molecular weight excluding hydrogens is 186 g/mol. The Hall–Kier alpha value is -1.28. The van der Waals surface area contributed by atoms with E-state index < -0.39 is 0 Å². The van der Waals surface area contributed by atoms with Crippen LogP contribution in [0.25, 0.3) is 10.9 Å². The third kappa shape index (κ3) is 1.23. The second kappa shape index (κ2) is 2.89. The highest BCUT2D eigenvalue weighted by Crippen LogP contribution is 2.23. The van der Waals surface area contributed by atoms with E-state index in [0.29, 0.717) is 10.7 Å². The van der Waals surface area contributed by atoms with Crippen molar-refractivity contribution < 1.29 is 4.79 Å². The molecule has 1 aromatic heterocycles. The van der Waals surface area contributed by atoms with E-state index in [1.807, 2.05) is 25.1 Å². The van der Waals surface area contributed by atoms with Crippen LogP contribution in [0.4, 0.5) is 0 Å². The van der Waals surface area contributed by atoms with Crippen molar-refractivity contribution in [3.05, 3.63) is 34.5 Å². The van der Waals surface area contributed by atoms with Gasteiger partial charge in [-0.25, -0.2) is 0 Å². The normalized spacial score (nSPS) is 10.6. The molecule has 0 saturated heterocycles. The van der Waals surface area contributed by atoms with Crippen molar-refractivity contribution in [2.75, 3.05) is 0 Å². The van der Waals surface area contributed by atoms with Crippen LogP contribution in [-0.2, 0) is 0 Å². The molecule has 0 bridgehead atoms. The Bertz CT molecular complexity index is 473. The topological polar surface area (TPSA) is 32.9 Å². The molecule has 2 aromatic rings. The number of benzene rings is 1. The number of H-pyrrole nitrogens is 1. The number of hydrogen-bond acceptors (Lipinski definition) is 1. The molecule has 1 N–H and O–H groups in total. The number of carbonyl (C=O) groups is 1. The van der Waals surface area contributed by atoms with Crippen LogP contribution in [0.1, 0.15) is 16.1 Å². The van der Waals surface area contributed by atoms with Crippen LogP contribution in [0, 0.1) is 6.92 Å². The Morgan fingerprint density at radius 1 is 1.46 bits per heavy atom. The van der Waals surface area contributed by atoms with E-state index in [-0.39, 0.29) is 0 Å². The molecule has 0 atom stereocenters. The van der Waals surface area contributed by atoms with Crippen LogP contribution >= 0.6 is 11.6 Å². The second-order valence-corrected chi connectivity index (χ2v) is 3.41. The first-order valence-corrected chi connectivity index (χ1v) is 4.33. The van der Waals surface area contributed by atoms with Crippen LogP contribution in [0.15, 0.2) is 18.2 Å². The number of nitrogens with one attached hydrogen (secondary N) is 1. The summed E-state index contributed by atoms with van der Waals surface area (Å²) >= 11 is 5.82. The average molecular weight is 194 g/mol. The Kier molecular flexibility index (Phi) is 1.85. The van der Waals surface area contributed by atoms with Crippen molar-refractivity contribution in [3.63, 3.8) is 0 Å². The molecule has 0 aliphatic rings. The molecule has 0 aliphatic heterocycles. The number of aldehydes is 1. The summed E-state index contributed by atoms with van der Waals surface area (Å²) in [4.78, 5) is 13.6. The predicted octanol–water partition coefficient (Wildman–Crippen LogP) is 2.94. The van der Waals surface area contributed by atoms with Crippen molar-refractivity contribution in [2.45, 2.75) is 6.92 Å². The first-order valence-electron chi connectivity index (χ1n) is 3.95. The van der Waals surface area contributed by atoms with E-state index >= 15 is 0 Å². The van der Waals surface area contributed by atoms with Gasteiger partial charge in [-0.15, -0.1) is 0 Å². The van der Waals surface area contributed by atoms with Crippen LogP contribution in [-0.4, -0.2) is 11.3 Å². The number of halogens is 1. The van der Waals surface area contributed by atoms with E-state index in [4.69, 9.17) is 11.6 Å². The second-order valence-electron chi connectivity index (χ2n) is 2.97. The molecular formula is C10H8ClNO. The molecule has 0 spiro atoms. The fraction of sp³-hybridized carbons (Fsp3) is 0.100. The van der Waals surface area contributed by atoms with Crippen LogP contribution in [0.5, 0.6) is 0 Å². The number of rotatable bonds is 1. The summed E-state index contributed by atoms with van der Waals surface area (Å²) in [6.45, 7) is 1.91. The molecule has 0 fully saturated rings. The van der Waals surface area contributed by atoms with Crippen molar-refractivity contribution in [1.29, 1.82) is 0 Å². The summed E-state index contributed by atoms with van der Waals surface area (Å²) in [5, 5.41) is 1.72. The maximum absolute atomic E-state index is 10.6. The first kappa shape index (κ1) is 8.32. The molecule has 0 aliphatic carbocycles. The number of fused-ring (bicyclic) bond motifs is 1. The summed E-state index contributed by atoms with van der Waals surface area (Å²) in [6, 6.07) is 5.55. The lowest BCUT2D eigenvalue weighted by molar-refractivity contribution is 0.111. The third-order valence-electron chi connectivity index (χ3n) is 2.18. The van der Waals surface area contributed by atoms with E-state index in [1.54, 1.807) is 0 Å². The van der Waals surface area contributed by atoms with Gasteiger partial charge in [0, 0.05) is 15.9 Å². The van der Waals surface area contributed by atoms with Gasteiger partial charge in [0.05, 0.1) is 5.69 Å². The third-order valence-corrected chi connectivity index (χ3v) is 2.41. The molecule has 13 heavy (non-hydrogen) atoms. The largest absolute Gasteiger partial charge is 0.352 e. The maximum atomic E-state index is 10.6. The zero-order valence-corrected chi connectivity index (χ0v) is 7.85. The minimum Gasteiger partial charge on any atom is -0.352 e.